The fourth-order valence-corrected chi connectivity index (χ4v) is 4.00. The van der Waals surface area contributed by atoms with E-state index in [1.165, 1.54) is 6.08 Å². The Morgan fingerprint density at radius 2 is 1.84 bits per heavy atom. The van der Waals surface area contributed by atoms with E-state index in [-0.39, 0.29) is 23.8 Å². The van der Waals surface area contributed by atoms with E-state index >= 15 is 0 Å². The molecule has 0 bridgehead atoms. The Balaban J connectivity index is 1.78. The van der Waals surface area contributed by atoms with Crippen molar-refractivity contribution in [3.8, 4) is 0 Å². The SMILES string of the molecule is C=CC(=O)N(C)C1CN(C(=O)C(O)(c2ccccc2)C2CCCC2)C1. The van der Waals surface area contributed by atoms with Gasteiger partial charge in [0.2, 0.25) is 5.91 Å². The Morgan fingerprint density at radius 3 is 2.40 bits per heavy atom. The van der Waals surface area contributed by atoms with E-state index in [1.807, 2.05) is 30.3 Å². The molecule has 1 aromatic carbocycles. The summed E-state index contributed by atoms with van der Waals surface area (Å²) in [6, 6.07) is 9.26. The lowest BCUT2D eigenvalue weighted by Gasteiger charge is -2.47. The van der Waals surface area contributed by atoms with Gasteiger partial charge in [0.1, 0.15) is 0 Å². The molecule has 2 fully saturated rings. The molecule has 1 aromatic rings. The maximum Gasteiger partial charge on any atom is 0.259 e. The second kappa shape index (κ2) is 7.00. The van der Waals surface area contributed by atoms with Gasteiger partial charge in [-0.25, -0.2) is 0 Å². The summed E-state index contributed by atoms with van der Waals surface area (Å²) in [5.74, 6) is -0.429. The normalized spacial score (nSPS) is 20.6. The van der Waals surface area contributed by atoms with Gasteiger partial charge in [-0.05, 0) is 24.5 Å². The standard InChI is InChI=1S/C20H26N2O3/c1-3-18(23)21(2)17-13-22(14-17)19(24)20(25,16-11-7-8-12-16)15-9-5-4-6-10-15/h3-6,9-10,16-17,25H,1,7-8,11-14H2,2H3. The van der Waals surface area contributed by atoms with E-state index in [2.05, 4.69) is 6.58 Å². The van der Waals surface area contributed by atoms with Gasteiger partial charge in [0, 0.05) is 26.1 Å². The quantitative estimate of drug-likeness (QED) is 0.832. The van der Waals surface area contributed by atoms with Crippen LogP contribution in [0, 0.1) is 5.92 Å². The minimum atomic E-state index is -1.47. The lowest BCUT2D eigenvalue weighted by molar-refractivity contribution is -0.167. The summed E-state index contributed by atoms with van der Waals surface area (Å²) in [6.07, 6.45) is 5.11. The summed E-state index contributed by atoms with van der Waals surface area (Å²) in [5, 5.41) is 11.5. The highest BCUT2D eigenvalue weighted by atomic mass is 16.3. The van der Waals surface area contributed by atoms with Crippen LogP contribution in [0.2, 0.25) is 0 Å². The molecule has 25 heavy (non-hydrogen) atoms. The average molecular weight is 342 g/mol. The summed E-state index contributed by atoms with van der Waals surface area (Å²) >= 11 is 0. The Kier molecular flexibility index (Phi) is 4.95. The van der Waals surface area contributed by atoms with Crippen molar-refractivity contribution in [1.82, 2.24) is 9.80 Å². The third kappa shape index (κ3) is 3.09. The van der Waals surface area contributed by atoms with Gasteiger partial charge in [-0.2, -0.15) is 0 Å². The molecule has 1 atom stereocenters. The predicted molar refractivity (Wildman–Crippen MR) is 95.6 cm³/mol. The topological polar surface area (TPSA) is 60.9 Å². The first-order valence-electron chi connectivity index (χ1n) is 8.95. The second-order valence-electron chi connectivity index (χ2n) is 7.13. The number of aliphatic hydroxyl groups is 1. The summed E-state index contributed by atoms with van der Waals surface area (Å²) in [4.78, 5) is 28.2. The number of carbonyl (C=O) groups excluding carboxylic acids is 2. The molecule has 1 aliphatic carbocycles. The number of benzene rings is 1. The molecule has 0 spiro atoms. The monoisotopic (exact) mass is 342 g/mol. The van der Waals surface area contributed by atoms with Crippen molar-refractivity contribution in [1.29, 1.82) is 0 Å². The van der Waals surface area contributed by atoms with E-state index in [0.29, 0.717) is 18.7 Å². The lowest BCUT2D eigenvalue weighted by Crippen LogP contribution is -2.65. The number of amides is 2. The molecule has 1 N–H and O–H groups in total. The third-order valence-corrected chi connectivity index (χ3v) is 5.71. The molecule has 1 heterocycles. The van der Waals surface area contributed by atoms with Gasteiger partial charge < -0.3 is 14.9 Å². The summed E-state index contributed by atoms with van der Waals surface area (Å²) < 4.78 is 0. The van der Waals surface area contributed by atoms with Gasteiger partial charge in [-0.3, -0.25) is 9.59 Å². The number of likely N-dealkylation sites (N-methyl/N-ethyl adjacent to an activating group) is 1. The molecule has 1 saturated carbocycles. The second-order valence-corrected chi connectivity index (χ2v) is 7.13. The van der Waals surface area contributed by atoms with E-state index < -0.39 is 5.60 Å². The molecule has 1 aliphatic heterocycles. The highest BCUT2D eigenvalue weighted by Gasteiger charge is 2.51. The minimum absolute atomic E-state index is 0.0157. The summed E-state index contributed by atoms with van der Waals surface area (Å²) in [5.41, 5.74) is -0.796. The van der Waals surface area contributed by atoms with Crippen molar-refractivity contribution in [2.45, 2.75) is 37.3 Å². The Labute approximate surface area is 148 Å². The van der Waals surface area contributed by atoms with Crippen LogP contribution in [0.3, 0.4) is 0 Å². The molecule has 5 nitrogen and oxygen atoms in total. The zero-order valence-corrected chi connectivity index (χ0v) is 14.7. The Hall–Kier alpha value is -2.14. The molecule has 0 aromatic heterocycles. The summed E-state index contributed by atoms with van der Waals surface area (Å²) in [7, 11) is 1.72. The fraction of sp³-hybridized carbons (Fsp3) is 0.500. The number of nitrogens with zero attached hydrogens (tertiary/aromatic N) is 2. The molecule has 0 radical (unpaired) electrons. The first-order valence-corrected chi connectivity index (χ1v) is 8.95. The Morgan fingerprint density at radius 1 is 1.24 bits per heavy atom. The first kappa shape index (κ1) is 17.7. The third-order valence-electron chi connectivity index (χ3n) is 5.71. The van der Waals surface area contributed by atoms with Crippen LogP contribution in [0.15, 0.2) is 43.0 Å². The maximum atomic E-state index is 13.2. The van der Waals surface area contributed by atoms with E-state index in [4.69, 9.17) is 0 Å². The fourth-order valence-electron chi connectivity index (χ4n) is 4.00. The zero-order valence-electron chi connectivity index (χ0n) is 14.7. The van der Waals surface area contributed by atoms with Crippen LogP contribution in [0.5, 0.6) is 0 Å². The van der Waals surface area contributed by atoms with Gasteiger partial charge >= 0.3 is 0 Å². The lowest BCUT2D eigenvalue weighted by atomic mass is 9.78. The molecule has 5 heteroatoms. The molecule has 1 unspecified atom stereocenters. The zero-order chi connectivity index (χ0) is 18.0. The number of hydrogen-bond acceptors (Lipinski definition) is 3. The molecular weight excluding hydrogens is 316 g/mol. The van der Waals surface area contributed by atoms with Crippen molar-refractivity contribution < 1.29 is 14.7 Å². The van der Waals surface area contributed by atoms with E-state index in [1.54, 1.807) is 16.8 Å². The van der Waals surface area contributed by atoms with Gasteiger partial charge in [0.15, 0.2) is 5.60 Å². The maximum absolute atomic E-state index is 13.2. The average Bonchev–Trinajstić information content (AvgIpc) is 3.14. The molecule has 2 aliphatic rings. The number of hydrogen-bond donors (Lipinski definition) is 1. The minimum Gasteiger partial charge on any atom is -0.375 e. The number of likely N-dealkylation sites (tertiary alicyclic amines) is 1. The highest BCUT2D eigenvalue weighted by molar-refractivity contribution is 5.89. The van der Waals surface area contributed by atoms with E-state index in [0.717, 1.165) is 25.7 Å². The molecule has 3 rings (SSSR count). The molecule has 134 valence electrons. The number of carbonyl (C=O) groups is 2. The van der Waals surface area contributed by atoms with Crippen LogP contribution < -0.4 is 0 Å². The Bertz CT molecular complexity index is 648. The van der Waals surface area contributed by atoms with E-state index in [9.17, 15) is 14.7 Å². The smallest absolute Gasteiger partial charge is 0.259 e. The van der Waals surface area contributed by atoms with Crippen LogP contribution in [-0.2, 0) is 15.2 Å². The van der Waals surface area contributed by atoms with Crippen LogP contribution in [0.25, 0.3) is 0 Å². The highest BCUT2D eigenvalue weighted by Crippen LogP contribution is 2.42. The van der Waals surface area contributed by atoms with Crippen LogP contribution in [0.4, 0.5) is 0 Å². The first-order chi connectivity index (χ1) is 12.0. The van der Waals surface area contributed by atoms with Gasteiger partial charge in [-0.15, -0.1) is 0 Å². The summed E-state index contributed by atoms with van der Waals surface area (Å²) in [6.45, 7) is 4.41. The predicted octanol–water partition coefficient (Wildman–Crippen LogP) is 1.92. The number of rotatable bonds is 5. The van der Waals surface area contributed by atoms with Crippen LogP contribution >= 0.6 is 0 Å². The van der Waals surface area contributed by atoms with Crippen LogP contribution in [0.1, 0.15) is 31.2 Å². The van der Waals surface area contributed by atoms with Gasteiger partial charge in [-0.1, -0.05) is 49.8 Å². The van der Waals surface area contributed by atoms with Crippen molar-refractivity contribution in [2.75, 3.05) is 20.1 Å². The molecular formula is C20H26N2O3. The molecule has 1 saturated heterocycles. The largest absolute Gasteiger partial charge is 0.375 e. The van der Waals surface area contributed by atoms with Crippen molar-refractivity contribution in [3.63, 3.8) is 0 Å². The van der Waals surface area contributed by atoms with Crippen LogP contribution in [-0.4, -0.2) is 52.9 Å². The van der Waals surface area contributed by atoms with Gasteiger partial charge in [0.05, 0.1) is 6.04 Å². The van der Waals surface area contributed by atoms with Crippen molar-refractivity contribution in [3.05, 3.63) is 48.6 Å². The van der Waals surface area contributed by atoms with Gasteiger partial charge in [0.25, 0.3) is 5.91 Å². The molecule has 2 amide bonds. The van der Waals surface area contributed by atoms with Crippen molar-refractivity contribution >= 4 is 11.8 Å². The van der Waals surface area contributed by atoms with Crippen molar-refractivity contribution in [2.24, 2.45) is 5.92 Å².